The molecule has 1 aromatic rings. The molecule has 0 saturated heterocycles. The third-order valence-corrected chi connectivity index (χ3v) is 3.54. The maximum absolute atomic E-state index is 11.5. The molecule has 0 aliphatic rings. The lowest BCUT2D eigenvalue weighted by molar-refractivity contribution is -0.121. The van der Waals surface area contributed by atoms with E-state index in [2.05, 4.69) is 40.0 Å². The van der Waals surface area contributed by atoms with E-state index in [4.69, 9.17) is 0 Å². The fourth-order valence-corrected chi connectivity index (χ4v) is 2.49. The maximum Gasteiger partial charge on any atom is 0.221 e. The van der Waals surface area contributed by atoms with E-state index in [1.807, 2.05) is 13.8 Å². The second-order valence-corrected chi connectivity index (χ2v) is 6.21. The normalized spacial score (nSPS) is 11.0. The Balaban J connectivity index is 0.00000400. The molecule has 1 amide bonds. The van der Waals surface area contributed by atoms with Crippen molar-refractivity contribution in [2.75, 3.05) is 13.6 Å². The average molecular weight is 424 g/mol. The predicted octanol–water partition coefficient (Wildman–Crippen LogP) is 2.25. The van der Waals surface area contributed by atoms with Crippen LogP contribution in [-0.4, -0.2) is 31.5 Å². The van der Waals surface area contributed by atoms with Crippen molar-refractivity contribution < 1.29 is 4.79 Å². The van der Waals surface area contributed by atoms with E-state index in [9.17, 15) is 4.79 Å². The van der Waals surface area contributed by atoms with Gasteiger partial charge in [0.1, 0.15) is 0 Å². The molecule has 0 aliphatic heterocycles. The monoisotopic (exact) mass is 424 g/mol. The largest absolute Gasteiger partial charge is 0.356 e. The van der Waals surface area contributed by atoms with Gasteiger partial charge < -0.3 is 16.0 Å². The molecule has 0 saturated carbocycles. The third-order valence-electron chi connectivity index (χ3n) is 2.54. The molecule has 0 atom stereocenters. The lowest BCUT2D eigenvalue weighted by Gasteiger charge is -2.12. The third kappa shape index (κ3) is 8.92. The molecule has 0 unspecified atom stereocenters. The minimum Gasteiger partial charge on any atom is -0.356 e. The number of aryl methyl sites for hydroxylation is 1. The summed E-state index contributed by atoms with van der Waals surface area (Å²) >= 11 is 1.77. The van der Waals surface area contributed by atoms with E-state index in [-0.39, 0.29) is 35.9 Å². The zero-order valence-electron chi connectivity index (χ0n) is 13.0. The van der Waals surface area contributed by atoms with Crippen molar-refractivity contribution in [1.29, 1.82) is 0 Å². The quantitative estimate of drug-likeness (QED) is 0.373. The topological polar surface area (TPSA) is 65.5 Å². The van der Waals surface area contributed by atoms with Gasteiger partial charge in [0.15, 0.2) is 5.96 Å². The standard InChI is InChI=1S/C14H24N4OS.HI/c1-10(2)18-13(19)7-8-16-14(15-4)17-9-12-6-5-11(3)20-12;/h5-6,10H,7-9H2,1-4H3,(H,18,19)(H2,15,16,17);1H. The van der Waals surface area contributed by atoms with E-state index < -0.39 is 0 Å². The minimum absolute atomic E-state index is 0. The van der Waals surface area contributed by atoms with E-state index >= 15 is 0 Å². The molecule has 0 spiro atoms. The van der Waals surface area contributed by atoms with Crippen molar-refractivity contribution in [3.05, 3.63) is 21.9 Å². The molecule has 21 heavy (non-hydrogen) atoms. The van der Waals surface area contributed by atoms with Crippen molar-refractivity contribution in [3.63, 3.8) is 0 Å². The fraction of sp³-hybridized carbons (Fsp3) is 0.571. The van der Waals surface area contributed by atoms with Gasteiger partial charge in [0.05, 0.1) is 6.54 Å². The van der Waals surface area contributed by atoms with Crippen molar-refractivity contribution >= 4 is 47.2 Å². The molecule has 5 nitrogen and oxygen atoms in total. The van der Waals surface area contributed by atoms with Crippen molar-refractivity contribution in [1.82, 2.24) is 16.0 Å². The summed E-state index contributed by atoms with van der Waals surface area (Å²) in [6.45, 7) is 7.32. The van der Waals surface area contributed by atoms with Crippen LogP contribution in [0.3, 0.4) is 0 Å². The van der Waals surface area contributed by atoms with Crippen LogP contribution in [0.1, 0.15) is 30.0 Å². The molecule has 0 aliphatic carbocycles. The first-order valence-corrected chi connectivity index (χ1v) is 7.62. The summed E-state index contributed by atoms with van der Waals surface area (Å²) < 4.78 is 0. The number of halogens is 1. The summed E-state index contributed by atoms with van der Waals surface area (Å²) in [7, 11) is 1.73. The van der Waals surface area contributed by atoms with Gasteiger partial charge in [-0.2, -0.15) is 0 Å². The summed E-state index contributed by atoms with van der Waals surface area (Å²) in [5.74, 6) is 0.769. The van der Waals surface area contributed by atoms with E-state index in [1.54, 1.807) is 18.4 Å². The average Bonchev–Trinajstić information content (AvgIpc) is 2.78. The lowest BCUT2D eigenvalue weighted by atomic mass is 10.3. The van der Waals surface area contributed by atoms with Crippen molar-refractivity contribution in [2.45, 2.75) is 39.8 Å². The SMILES string of the molecule is CN=C(NCCC(=O)NC(C)C)NCc1ccc(C)s1.I. The molecule has 3 N–H and O–H groups in total. The summed E-state index contributed by atoms with van der Waals surface area (Å²) in [5.41, 5.74) is 0. The molecule has 0 fully saturated rings. The molecule has 1 rings (SSSR count). The van der Waals surface area contributed by atoms with E-state index in [1.165, 1.54) is 9.75 Å². The number of nitrogens with one attached hydrogen (secondary N) is 3. The number of carbonyl (C=O) groups is 1. The van der Waals surface area contributed by atoms with Gasteiger partial charge in [-0.3, -0.25) is 9.79 Å². The molecular weight excluding hydrogens is 399 g/mol. The highest BCUT2D eigenvalue weighted by Crippen LogP contribution is 2.14. The van der Waals surface area contributed by atoms with Gasteiger partial charge in [0, 0.05) is 35.8 Å². The van der Waals surface area contributed by atoms with Gasteiger partial charge in [-0.05, 0) is 32.9 Å². The Morgan fingerprint density at radius 3 is 2.57 bits per heavy atom. The van der Waals surface area contributed by atoms with E-state index in [0.29, 0.717) is 18.9 Å². The number of guanidine groups is 1. The Bertz CT molecular complexity index is 460. The number of hydrogen-bond donors (Lipinski definition) is 3. The fourth-order valence-electron chi connectivity index (χ4n) is 1.66. The molecular formula is C14H25IN4OS. The number of nitrogens with zero attached hydrogens (tertiary/aromatic N) is 1. The van der Waals surface area contributed by atoms with Crippen LogP contribution in [0, 0.1) is 6.92 Å². The molecule has 7 heteroatoms. The zero-order valence-corrected chi connectivity index (χ0v) is 16.2. The zero-order chi connectivity index (χ0) is 15.0. The number of hydrogen-bond acceptors (Lipinski definition) is 3. The van der Waals surface area contributed by atoms with Crippen LogP contribution in [0.4, 0.5) is 0 Å². The Labute approximate surface area is 148 Å². The van der Waals surface area contributed by atoms with Gasteiger partial charge >= 0.3 is 0 Å². The van der Waals surface area contributed by atoms with Crippen LogP contribution in [0.25, 0.3) is 0 Å². The van der Waals surface area contributed by atoms with Crippen LogP contribution < -0.4 is 16.0 Å². The minimum atomic E-state index is 0. The van der Waals surface area contributed by atoms with Crippen molar-refractivity contribution in [3.8, 4) is 0 Å². The molecule has 1 aromatic heterocycles. The predicted molar refractivity (Wildman–Crippen MR) is 101 cm³/mol. The highest BCUT2D eigenvalue weighted by Gasteiger charge is 2.04. The van der Waals surface area contributed by atoms with Gasteiger partial charge in [-0.1, -0.05) is 0 Å². The number of amides is 1. The summed E-state index contributed by atoms with van der Waals surface area (Å²) in [6.07, 6.45) is 0.441. The number of carbonyl (C=O) groups excluding carboxylic acids is 1. The second-order valence-electron chi connectivity index (χ2n) is 4.84. The molecule has 1 heterocycles. The van der Waals surface area contributed by atoms with Gasteiger partial charge in [0.2, 0.25) is 5.91 Å². The lowest BCUT2D eigenvalue weighted by Crippen LogP contribution is -2.39. The Kier molecular flexibility index (Phi) is 10.4. The van der Waals surface area contributed by atoms with Crippen LogP contribution in [0.15, 0.2) is 17.1 Å². The van der Waals surface area contributed by atoms with Crippen LogP contribution in [0.2, 0.25) is 0 Å². The van der Waals surface area contributed by atoms with E-state index in [0.717, 1.165) is 6.54 Å². The Morgan fingerprint density at radius 1 is 1.33 bits per heavy atom. The first-order chi connectivity index (χ1) is 9.51. The van der Waals surface area contributed by atoms with Crippen LogP contribution in [0.5, 0.6) is 0 Å². The molecule has 0 aromatic carbocycles. The summed E-state index contributed by atoms with van der Waals surface area (Å²) in [6, 6.07) is 4.40. The number of thiophene rings is 1. The second kappa shape index (κ2) is 10.8. The Hall–Kier alpha value is -0.830. The first-order valence-electron chi connectivity index (χ1n) is 6.80. The number of aliphatic imine (C=N–C) groups is 1. The smallest absolute Gasteiger partial charge is 0.221 e. The Morgan fingerprint density at radius 2 is 2.05 bits per heavy atom. The summed E-state index contributed by atoms with van der Waals surface area (Å²) in [5, 5.41) is 9.22. The van der Waals surface area contributed by atoms with Crippen LogP contribution in [-0.2, 0) is 11.3 Å². The molecule has 0 bridgehead atoms. The van der Waals surface area contributed by atoms with Crippen molar-refractivity contribution in [2.24, 2.45) is 4.99 Å². The van der Waals surface area contributed by atoms with Crippen LogP contribution >= 0.6 is 35.3 Å². The van der Waals surface area contributed by atoms with Gasteiger partial charge in [0.25, 0.3) is 0 Å². The first kappa shape index (κ1) is 20.2. The highest BCUT2D eigenvalue weighted by atomic mass is 127. The van der Waals surface area contributed by atoms with Gasteiger partial charge in [-0.25, -0.2) is 0 Å². The molecule has 120 valence electrons. The maximum atomic E-state index is 11.5. The van der Waals surface area contributed by atoms with Gasteiger partial charge in [-0.15, -0.1) is 35.3 Å². The molecule has 0 radical (unpaired) electrons. The highest BCUT2D eigenvalue weighted by molar-refractivity contribution is 14.0. The summed E-state index contributed by atoms with van der Waals surface area (Å²) in [4.78, 5) is 18.2. The number of rotatable bonds is 6.